The second-order valence-electron chi connectivity index (χ2n) is 4.53. The van der Waals surface area contributed by atoms with E-state index in [0.29, 0.717) is 5.56 Å². The van der Waals surface area contributed by atoms with E-state index in [0.717, 1.165) is 29.8 Å². The van der Waals surface area contributed by atoms with Crippen LogP contribution in [0, 0.1) is 11.3 Å². The van der Waals surface area contributed by atoms with E-state index in [1.807, 2.05) is 36.7 Å². The summed E-state index contributed by atoms with van der Waals surface area (Å²) in [5.74, 6) is 0.908. The van der Waals surface area contributed by atoms with Crippen molar-refractivity contribution in [2.75, 3.05) is 0 Å². The molecule has 1 aromatic carbocycles. The van der Waals surface area contributed by atoms with E-state index in [4.69, 9.17) is 5.26 Å². The van der Waals surface area contributed by atoms with Gasteiger partial charge in [-0.15, -0.1) is 0 Å². The summed E-state index contributed by atoms with van der Waals surface area (Å²) in [6.45, 7) is 2.19. The second kappa shape index (κ2) is 6.65. The molecule has 1 aromatic heterocycles. The van der Waals surface area contributed by atoms with Gasteiger partial charge in [0.05, 0.1) is 11.6 Å². The molecule has 1 heterocycles. The summed E-state index contributed by atoms with van der Waals surface area (Å²) >= 11 is 0. The molecule has 0 saturated carbocycles. The summed E-state index contributed by atoms with van der Waals surface area (Å²) in [4.78, 5) is 8.79. The number of aryl methyl sites for hydroxylation is 1. The number of hydrogen-bond acceptors (Lipinski definition) is 3. The van der Waals surface area contributed by atoms with E-state index in [2.05, 4.69) is 23.0 Å². The molecule has 2 rings (SSSR count). The zero-order chi connectivity index (χ0) is 13.5. The summed E-state index contributed by atoms with van der Waals surface area (Å²) in [7, 11) is 0. The standard InChI is InChI=1S/C16H17N3/c1-2-3-4-5-16-18-11-15(12-19-16)14-8-6-13(10-17)7-9-14/h6-9,11-12H,2-5H2,1H3. The first kappa shape index (κ1) is 13.2. The highest BCUT2D eigenvalue weighted by Crippen LogP contribution is 2.18. The fraction of sp³-hybridized carbons (Fsp3) is 0.312. The lowest BCUT2D eigenvalue weighted by atomic mass is 10.1. The lowest BCUT2D eigenvalue weighted by Gasteiger charge is -2.03. The van der Waals surface area contributed by atoms with E-state index in [1.165, 1.54) is 12.8 Å². The smallest absolute Gasteiger partial charge is 0.128 e. The van der Waals surface area contributed by atoms with Crippen LogP contribution in [0.25, 0.3) is 11.1 Å². The van der Waals surface area contributed by atoms with Crippen molar-refractivity contribution < 1.29 is 0 Å². The highest BCUT2D eigenvalue weighted by Gasteiger charge is 2.01. The van der Waals surface area contributed by atoms with Gasteiger partial charge in [-0.05, 0) is 24.1 Å². The van der Waals surface area contributed by atoms with Gasteiger partial charge >= 0.3 is 0 Å². The minimum Gasteiger partial charge on any atom is -0.241 e. The van der Waals surface area contributed by atoms with Crippen LogP contribution in [-0.4, -0.2) is 9.97 Å². The molecule has 3 nitrogen and oxygen atoms in total. The average Bonchev–Trinajstić information content (AvgIpc) is 2.48. The van der Waals surface area contributed by atoms with Crippen molar-refractivity contribution in [3.05, 3.63) is 48.0 Å². The average molecular weight is 251 g/mol. The summed E-state index contributed by atoms with van der Waals surface area (Å²) in [5.41, 5.74) is 2.70. The molecule has 96 valence electrons. The number of benzene rings is 1. The molecule has 3 heteroatoms. The van der Waals surface area contributed by atoms with Crippen molar-refractivity contribution in [3.8, 4) is 17.2 Å². The second-order valence-corrected chi connectivity index (χ2v) is 4.53. The zero-order valence-electron chi connectivity index (χ0n) is 11.1. The van der Waals surface area contributed by atoms with Gasteiger partial charge < -0.3 is 0 Å². The summed E-state index contributed by atoms with van der Waals surface area (Å²) < 4.78 is 0. The Hall–Kier alpha value is -2.21. The molecule has 19 heavy (non-hydrogen) atoms. The van der Waals surface area contributed by atoms with Crippen LogP contribution >= 0.6 is 0 Å². The first-order chi connectivity index (χ1) is 9.33. The maximum absolute atomic E-state index is 8.76. The SMILES string of the molecule is CCCCCc1ncc(-c2ccc(C#N)cc2)cn1. The van der Waals surface area contributed by atoms with Crippen LogP contribution in [0.3, 0.4) is 0 Å². The van der Waals surface area contributed by atoms with Gasteiger partial charge in [0.2, 0.25) is 0 Å². The van der Waals surface area contributed by atoms with Crippen molar-refractivity contribution in [2.45, 2.75) is 32.6 Å². The Morgan fingerprint density at radius 1 is 1.00 bits per heavy atom. The molecule has 0 unspecified atom stereocenters. The van der Waals surface area contributed by atoms with Crippen LogP contribution in [0.4, 0.5) is 0 Å². The van der Waals surface area contributed by atoms with Crippen molar-refractivity contribution in [1.82, 2.24) is 9.97 Å². The Morgan fingerprint density at radius 3 is 2.26 bits per heavy atom. The molecule has 0 atom stereocenters. The number of aromatic nitrogens is 2. The fourth-order valence-electron chi connectivity index (χ4n) is 1.90. The van der Waals surface area contributed by atoms with E-state index >= 15 is 0 Å². The minimum atomic E-state index is 0.667. The largest absolute Gasteiger partial charge is 0.241 e. The van der Waals surface area contributed by atoms with Gasteiger partial charge in [-0.3, -0.25) is 0 Å². The maximum Gasteiger partial charge on any atom is 0.128 e. The highest BCUT2D eigenvalue weighted by atomic mass is 14.9. The van der Waals surface area contributed by atoms with E-state index in [-0.39, 0.29) is 0 Å². The van der Waals surface area contributed by atoms with Gasteiger partial charge in [-0.2, -0.15) is 5.26 Å². The minimum absolute atomic E-state index is 0.667. The van der Waals surface area contributed by atoms with Gasteiger partial charge in [0.25, 0.3) is 0 Å². The number of nitrogens with zero attached hydrogens (tertiary/aromatic N) is 3. The van der Waals surface area contributed by atoms with E-state index in [1.54, 1.807) is 0 Å². The number of hydrogen-bond donors (Lipinski definition) is 0. The monoisotopic (exact) mass is 251 g/mol. The molecule has 0 spiro atoms. The molecular formula is C16H17N3. The third-order valence-corrected chi connectivity index (χ3v) is 3.06. The van der Waals surface area contributed by atoms with E-state index < -0.39 is 0 Å². The molecule has 0 aliphatic heterocycles. The van der Waals surface area contributed by atoms with Gasteiger partial charge in [0.1, 0.15) is 5.82 Å². The van der Waals surface area contributed by atoms with Crippen LogP contribution in [0.1, 0.15) is 37.6 Å². The summed E-state index contributed by atoms with van der Waals surface area (Å²) in [5, 5.41) is 8.76. The quantitative estimate of drug-likeness (QED) is 0.760. The van der Waals surface area contributed by atoms with Gasteiger partial charge in [0, 0.05) is 24.4 Å². The van der Waals surface area contributed by atoms with Crippen molar-refractivity contribution in [2.24, 2.45) is 0 Å². The molecule has 0 amide bonds. The molecule has 0 bridgehead atoms. The third-order valence-electron chi connectivity index (χ3n) is 3.06. The first-order valence-electron chi connectivity index (χ1n) is 6.65. The Balaban J connectivity index is 2.07. The Kier molecular flexibility index (Phi) is 4.63. The molecule has 0 aliphatic rings. The van der Waals surface area contributed by atoms with Crippen LogP contribution in [0.2, 0.25) is 0 Å². The molecular weight excluding hydrogens is 234 g/mol. The Morgan fingerprint density at radius 2 is 1.68 bits per heavy atom. The number of nitriles is 1. The lowest BCUT2D eigenvalue weighted by Crippen LogP contribution is -1.95. The van der Waals surface area contributed by atoms with Crippen LogP contribution in [-0.2, 0) is 6.42 Å². The predicted octanol–water partition coefficient (Wildman–Crippen LogP) is 3.75. The van der Waals surface area contributed by atoms with E-state index in [9.17, 15) is 0 Å². The normalized spacial score (nSPS) is 10.1. The predicted molar refractivity (Wildman–Crippen MR) is 75.4 cm³/mol. The van der Waals surface area contributed by atoms with Crippen LogP contribution < -0.4 is 0 Å². The Labute approximate surface area is 114 Å². The summed E-state index contributed by atoms with van der Waals surface area (Å²) in [6, 6.07) is 9.58. The maximum atomic E-state index is 8.76. The lowest BCUT2D eigenvalue weighted by molar-refractivity contribution is 0.693. The third kappa shape index (κ3) is 3.62. The van der Waals surface area contributed by atoms with Gasteiger partial charge in [-0.25, -0.2) is 9.97 Å². The van der Waals surface area contributed by atoms with Gasteiger partial charge in [-0.1, -0.05) is 31.9 Å². The molecule has 0 saturated heterocycles. The number of unbranched alkanes of at least 4 members (excludes halogenated alkanes) is 2. The van der Waals surface area contributed by atoms with Crippen LogP contribution in [0.15, 0.2) is 36.7 Å². The Bertz CT molecular complexity index is 550. The van der Waals surface area contributed by atoms with Crippen molar-refractivity contribution in [3.63, 3.8) is 0 Å². The molecule has 0 fully saturated rings. The van der Waals surface area contributed by atoms with Crippen molar-refractivity contribution >= 4 is 0 Å². The zero-order valence-corrected chi connectivity index (χ0v) is 11.1. The van der Waals surface area contributed by atoms with Crippen LogP contribution in [0.5, 0.6) is 0 Å². The number of rotatable bonds is 5. The first-order valence-corrected chi connectivity index (χ1v) is 6.65. The molecule has 0 radical (unpaired) electrons. The molecule has 2 aromatic rings. The molecule has 0 aliphatic carbocycles. The van der Waals surface area contributed by atoms with Crippen molar-refractivity contribution in [1.29, 1.82) is 5.26 Å². The molecule has 0 N–H and O–H groups in total. The van der Waals surface area contributed by atoms with Gasteiger partial charge in [0.15, 0.2) is 0 Å². The topological polar surface area (TPSA) is 49.6 Å². The fourth-order valence-corrected chi connectivity index (χ4v) is 1.90. The summed E-state index contributed by atoms with van der Waals surface area (Å²) in [6.07, 6.45) is 8.24. The highest BCUT2D eigenvalue weighted by molar-refractivity contribution is 5.62.